The van der Waals surface area contributed by atoms with E-state index in [1.165, 1.54) is 10.6 Å². The Morgan fingerprint density at radius 1 is 0.839 bits per heavy atom. The highest BCUT2D eigenvalue weighted by Gasteiger charge is 2.42. The quantitative estimate of drug-likeness (QED) is 0.667. The standard InChI is InChI=1S/C26H31N3O2/c1-4-5-13-29-25(30)23(22-12-11-19(2)18-20(22)3)24(26(29)31)28-16-14-27(15-17-28)21-9-7-6-8-10-21/h6-12,18H,4-5,13-17H2,1-3H3. The minimum atomic E-state index is -0.147. The molecule has 162 valence electrons. The first-order valence-corrected chi connectivity index (χ1v) is 11.2. The fraction of sp³-hybridized carbons (Fsp3) is 0.385. The van der Waals surface area contributed by atoms with E-state index in [2.05, 4.69) is 34.9 Å². The van der Waals surface area contributed by atoms with Crippen LogP contribution in [0, 0.1) is 13.8 Å². The third-order valence-corrected chi connectivity index (χ3v) is 6.25. The lowest BCUT2D eigenvalue weighted by Crippen LogP contribution is -2.47. The number of nitrogens with zero attached hydrogens (tertiary/aromatic N) is 3. The molecule has 2 heterocycles. The van der Waals surface area contributed by atoms with Gasteiger partial charge in [-0.1, -0.05) is 55.3 Å². The molecule has 2 aromatic carbocycles. The normalized spacial score (nSPS) is 17.2. The molecule has 4 rings (SSSR count). The first-order valence-electron chi connectivity index (χ1n) is 11.2. The van der Waals surface area contributed by atoms with Gasteiger partial charge in [0.15, 0.2) is 0 Å². The van der Waals surface area contributed by atoms with Crippen LogP contribution >= 0.6 is 0 Å². The molecule has 0 aliphatic carbocycles. The molecule has 0 atom stereocenters. The molecule has 0 unspecified atom stereocenters. The fourth-order valence-electron chi connectivity index (χ4n) is 4.54. The van der Waals surface area contributed by atoms with Crippen LogP contribution in [0.5, 0.6) is 0 Å². The maximum atomic E-state index is 13.4. The zero-order valence-corrected chi connectivity index (χ0v) is 18.7. The number of aryl methyl sites for hydroxylation is 2. The molecule has 31 heavy (non-hydrogen) atoms. The molecule has 5 heteroatoms. The van der Waals surface area contributed by atoms with Crippen LogP contribution in [0.25, 0.3) is 5.57 Å². The van der Waals surface area contributed by atoms with Gasteiger partial charge in [0.25, 0.3) is 11.8 Å². The molecule has 0 bridgehead atoms. The van der Waals surface area contributed by atoms with E-state index >= 15 is 0 Å². The number of piperazine rings is 1. The molecule has 0 aromatic heterocycles. The van der Waals surface area contributed by atoms with Gasteiger partial charge in [-0.05, 0) is 43.5 Å². The summed E-state index contributed by atoms with van der Waals surface area (Å²) >= 11 is 0. The molecular weight excluding hydrogens is 386 g/mol. The second-order valence-corrected chi connectivity index (χ2v) is 8.47. The van der Waals surface area contributed by atoms with Gasteiger partial charge in [-0.3, -0.25) is 14.5 Å². The summed E-state index contributed by atoms with van der Waals surface area (Å²) in [6.45, 7) is 9.72. The second-order valence-electron chi connectivity index (χ2n) is 8.47. The Morgan fingerprint density at radius 2 is 1.52 bits per heavy atom. The van der Waals surface area contributed by atoms with Crippen molar-refractivity contribution in [3.05, 3.63) is 70.9 Å². The van der Waals surface area contributed by atoms with Crippen LogP contribution in [0.2, 0.25) is 0 Å². The summed E-state index contributed by atoms with van der Waals surface area (Å²) in [7, 11) is 0. The zero-order chi connectivity index (χ0) is 22.0. The lowest BCUT2D eigenvalue weighted by molar-refractivity contribution is -0.137. The zero-order valence-electron chi connectivity index (χ0n) is 18.7. The third-order valence-electron chi connectivity index (χ3n) is 6.25. The highest BCUT2D eigenvalue weighted by atomic mass is 16.2. The van der Waals surface area contributed by atoms with Crippen molar-refractivity contribution in [3.63, 3.8) is 0 Å². The minimum Gasteiger partial charge on any atom is -0.368 e. The Kier molecular flexibility index (Phi) is 6.12. The van der Waals surface area contributed by atoms with E-state index in [4.69, 9.17) is 0 Å². The molecule has 2 aromatic rings. The van der Waals surface area contributed by atoms with Crippen LogP contribution in [0.3, 0.4) is 0 Å². The molecule has 0 radical (unpaired) electrons. The van der Waals surface area contributed by atoms with Crippen molar-refractivity contribution in [3.8, 4) is 0 Å². The Morgan fingerprint density at radius 3 is 2.16 bits per heavy atom. The first kappa shape index (κ1) is 21.2. The molecule has 1 fully saturated rings. The van der Waals surface area contributed by atoms with E-state index in [-0.39, 0.29) is 11.8 Å². The number of rotatable bonds is 6. The molecular formula is C26H31N3O2. The third kappa shape index (κ3) is 4.09. The number of anilines is 1. The Hall–Kier alpha value is -3.08. The lowest BCUT2D eigenvalue weighted by atomic mass is 9.97. The van der Waals surface area contributed by atoms with E-state index < -0.39 is 0 Å². The Balaban J connectivity index is 1.66. The fourth-order valence-corrected chi connectivity index (χ4v) is 4.54. The Labute approximate surface area is 184 Å². The summed E-state index contributed by atoms with van der Waals surface area (Å²) in [5, 5.41) is 0. The number of carbonyl (C=O) groups is 2. The average Bonchev–Trinajstić information content (AvgIpc) is 3.02. The largest absolute Gasteiger partial charge is 0.368 e. The van der Waals surface area contributed by atoms with Gasteiger partial charge in [0.2, 0.25) is 0 Å². The number of unbranched alkanes of at least 4 members (excludes halogenated alkanes) is 1. The monoisotopic (exact) mass is 417 g/mol. The van der Waals surface area contributed by atoms with Crippen LogP contribution in [0.1, 0.15) is 36.5 Å². The van der Waals surface area contributed by atoms with Crippen LogP contribution in [0.4, 0.5) is 5.69 Å². The summed E-state index contributed by atoms with van der Waals surface area (Å²) in [6, 6.07) is 16.5. The van der Waals surface area contributed by atoms with Crippen molar-refractivity contribution in [1.82, 2.24) is 9.80 Å². The molecule has 0 spiro atoms. The summed E-state index contributed by atoms with van der Waals surface area (Å²) in [6.07, 6.45) is 1.77. The van der Waals surface area contributed by atoms with Crippen LogP contribution in [-0.4, -0.2) is 54.3 Å². The van der Waals surface area contributed by atoms with E-state index in [1.807, 2.05) is 44.2 Å². The Bertz CT molecular complexity index is 1000. The number of carbonyl (C=O) groups excluding carboxylic acids is 2. The van der Waals surface area contributed by atoms with Crippen LogP contribution in [-0.2, 0) is 9.59 Å². The second kappa shape index (κ2) is 8.96. The lowest BCUT2D eigenvalue weighted by Gasteiger charge is -2.37. The number of benzene rings is 2. The number of amides is 2. The molecule has 0 saturated carbocycles. The van der Waals surface area contributed by atoms with Crippen LogP contribution < -0.4 is 4.90 Å². The van der Waals surface area contributed by atoms with Crippen molar-refractivity contribution >= 4 is 23.1 Å². The topological polar surface area (TPSA) is 43.9 Å². The predicted octanol–water partition coefficient (Wildman–Crippen LogP) is 4.01. The van der Waals surface area contributed by atoms with Crippen LogP contribution in [0.15, 0.2) is 54.2 Å². The van der Waals surface area contributed by atoms with E-state index in [0.29, 0.717) is 17.8 Å². The molecule has 5 nitrogen and oxygen atoms in total. The SMILES string of the molecule is CCCCN1C(=O)C(c2ccc(C)cc2C)=C(N2CCN(c3ccccc3)CC2)C1=O. The minimum absolute atomic E-state index is 0.137. The summed E-state index contributed by atoms with van der Waals surface area (Å²) in [4.78, 5) is 32.8. The van der Waals surface area contributed by atoms with Gasteiger partial charge in [-0.15, -0.1) is 0 Å². The first-order chi connectivity index (χ1) is 15.0. The number of para-hydroxylation sites is 1. The summed E-state index contributed by atoms with van der Waals surface area (Å²) < 4.78 is 0. The number of hydrogen-bond donors (Lipinski definition) is 0. The molecule has 1 saturated heterocycles. The van der Waals surface area contributed by atoms with Crippen molar-refractivity contribution in [1.29, 1.82) is 0 Å². The van der Waals surface area contributed by atoms with Gasteiger partial charge < -0.3 is 9.80 Å². The number of hydrogen-bond acceptors (Lipinski definition) is 4. The van der Waals surface area contributed by atoms with Crippen molar-refractivity contribution in [2.24, 2.45) is 0 Å². The van der Waals surface area contributed by atoms with E-state index in [9.17, 15) is 9.59 Å². The maximum Gasteiger partial charge on any atom is 0.277 e. The molecule has 2 aliphatic heterocycles. The highest BCUT2D eigenvalue weighted by molar-refractivity contribution is 6.35. The van der Waals surface area contributed by atoms with Gasteiger partial charge in [0.1, 0.15) is 5.70 Å². The highest BCUT2D eigenvalue weighted by Crippen LogP contribution is 2.34. The van der Waals surface area contributed by atoms with Gasteiger partial charge in [-0.2, -0.15) is 0 Å². The maximum absolute atomic E-state index is 13.4. The van der Waals surface area contributed by atoms with E-state index in [0.717, 1.165) is 55.7 Å². The van der Waals surface area contributed by atoms with E-state index in [1.54, 1.807) is 0 Å². The van der Waals surface area contributed by atoms with Crippen molar-refractivity contribution in [2.75, 3.05) is 37.6 Å². The van der Waals surface area contributed by atoms with Gasteiger partial charge >= 0.3 is 0 Å². The van der Waals surface area contributed by atoms with Crippen molar-refractivity contribution in [2.45, 2.75) is 33.6 Å². The summed E-state index contributed by atoms with van der Waals surface area (Å²) in [5.74, 6) is -0.285. The van der Waals surface area contributed by atoms with Crippen molar-refractivity contribution < 1.29 is 9.59 Å². The van der Waals surface area contributed by atoms with Gasteiger partial charge in [0.05, 0.1) is 5.57 Å². The average molecular weight is 418 g/mol. The smallest absolute Gasteiger partial charge is 0.277 e. The summed E-state index contributed by atoms with van der Waals surface area (Å²) in [5.41, 5.74) is 5.42. The molecule has 2 aliphatic rings. The molecule has 2 amide bonds. The van der Waals surface area contributed by atoms with Gasteiger partial charge in [0, 0.05) is 38.4 Å². The number of imide groups is 1. The predicted molar refractivity (Wildman–Crippen MR) is 125 cm³/mol. The molecule has 0 N–H and O–H groups in total. The van der Waals surface area contributed by atoms with Gasteiger partial charge in [-0.25, -0.2) is 0 Å².